The van der Waals surface area contributed by atoms with Crippen molar-refractivity contribution in [2.75, 3.05) is 0 Å². The lowest BCUT2D eigenvalue weighted by molar-refractivity contribution is -0.107. The van der Waals surface area contributed by atoms with Crippen molar-refractivity contribution >= 4 is 28.9 Å². The summed E-state index contributed by atoms with van der Waals surface area (Å²) in [4.78, 5) is 10.1. The number of rotatable bonds is 5. The number of ether oxygens (including phenoxy) is 1. The minimum absolute atomic E-state index is 0.167. The van der Waals surface area contributed by atoms with E-state index in [1.807, 2.05) is 22.6 Å². The average molecular weight is 326 g/mol. The van der Waals surface area contributed by atoms with Gasteiger partial charge in [0.2, 0.25) is 0 Å². The van der Waals surface area contributed by atoms with Crippen molar-refractivity contribution in [3.8, 4) is 5.75 Å². The Morgan fingerprint density at radius 1 is 1.47 bits per heavy atom. The van der Waals surface area contributed by atoms with E-state index in [1.54, 1.807) is 12.1 Å². The molecular formula is C10H9F2IO2. The summed E-state index contributed by atoms with van der Waals surface area (Å²) in [6.07, 6.45) is 1.88. The van der Waals surface area contributed by atoms with Gasteiger partial charge in [-0.1, -0.05) is 6.07 Å². The SMILES string of the molecule is O=CCCc1ccc(OC(F)F)c(I)c1. The Morgan fingerprint density at radius 2 is 2.20 bits per heavy atom. The highest BCUT2D eigenvalue weighted by molar-refractivity contribution is 14.1. The molecule has 0 saturated carbocycles. The summed E-state index contributed by atoms with van der Waals surface area (Å²) in [6, 6.07) is 4.92. The molecule has 0 bridgehead atoms. The largest absolute Gasteiger partial charge is 0.434 e. The fourth-order valence-electron chi connectivity index (χ4n) is 1.12. The van der Waals surface area contributed by atoms with E-state index in [-0.39, 0.29) is 5.75 Å². The van der Waals surface area contributed by atoms with Gasteiger partial charge in [-0.25, -0.2) is 0 Å². The van der Waals surface area contributed by atoms with Crippen molar-refractivity contribution in [1.29, 1.82) is 0 Å². The molecule has 5 heteroatoms. The summed E-state index contributed by atoms with van der Waals surface area (Å²) in [7, 11) is 0. The molecule has 0 fully saturated rings. The minimum atomic E-state index is -2.81. The van der Waals surface area contributed by atoms with Crippen LogP contribution in [0.25, 0.3) is 0 Å². The fourth-order valence-corrected chi connectivity index (χ4v) is 1.82. The Hall–Kier alpha value is -0.720. The highest BCUT2D eigenvalue weighted by Gasteiger charge is 2.08. The normalized spacial score (nSPS) is 10.4. The predicted molar refractivity (Wildman–Crippen MR) is 60.2 cm³/mol. The number of hydrogen-bond acceptors (Lipinski definition) is 2. The number of halogens is 3. The Bertz CT molecular complexity index is 342. The molecule has 15 heavy (non-hydrogen) atoms. The Labute approximate surface area is 99.8 Å². The van der Waals surface area contributed by atoms with Gasteiger partial charge in [0.25, 0.3) is 0 Å². The molecule has 1 aromatic rings. The first kappa shape index (κ1) is 12.4. The van der Waals surface area contributed by atoms with Crippen LogP contribution in [0, 0.1) is 3.57 Å². The third-order valence-corrected chi connectivity index (χ3v) is 2.61. The van der Waals surface area contributed by atoms with E-state index in [0.29, 0.717) is 16.4 Å². The van der Waals surface area contributed by atoms with Crippen molar-refractivity contribution in [2.45, 2.75) is 19.5 Å². The number of carbonyl (C=O) groups excluding carboxylic acids is 1. The van der Waals surface area contributed by atoms with Gasteiger partial charge < -0.3 is 9.53 Å². The van der Waals surface area contributed by atoms with Gasteiger partial charge in [0.05, 0.1) is 3.57 Å². The summed E-state index contributed by atoms with van der Waals surface area (Å²) < 4.78 is 28.8. The molecule has 0 unspecified atom stereocenters. The molecule has 0 radical (unpaired) electrons. The van der Waals surface area contributed by atoms with Crippen LogP contribution in [0.1, 0.15) is 12.0 Å². The van der Waals surface area contributed by atoms with E-state index < -0.39 is 6.61 Å². The summed E-state index contributed by atoms with van der Waals surface area (Å²) in [5.74, 6) is 0.167. The number of aldehydes is 1. The van der Waals surface area contributed by atoms with Crippen LogP contribution in [0.15, 0.2) is 18.2 Å². The van der Waals surface area contributed by atoms with Gasteiger partial charge in [-0.15, -0.1) is 0 Å². The number of hydrogen-bond donors (Lipinski definition) is 0. The molecule has 0 atom stereocenters. The molecule has 0 aliphatic carbocycles. The van der Waals surface area contributed by atoms with E-state index in [0.717, 1.165) is 11.8 Å². The van der Waals surface area contributed by atoms with E-state index in [9.17, 15) is 13.6 Å². The summed E-state index contributed by atoms with van der Waals surface area (Å²) in [5.41, 5.74) is 0.938. The lowest BCUT2D eigenvalue weighted by Gasteiger charge is -2.07. The van der Waals surface area contributed by atoms with Crippen LogP contribution in [-0.4, -0.2) is 12.9 Å². The molecule has 0 spiro atoms. The molecule has 2 nitrogen and oxygen atoms in total. The summed E-state index contributed by atoms with van der Waals surface area (Å²) >= 11 is 1.92. The zero-order valence-corrected chi connectivity index (χ0v) is 9.91. The first-order valence-electron chi connectivity index (χ1n) is 4.30. The maximum Gasteiger partial charge on any atom is 0.387 e. The Balaban J connectivity index is 2.73. The number of carbonyl (C=O) groups is 1. The summed E-state index contributed by atoms with van der Waals surface area (Å²) in [5, 5.41) is 0. The number of aryl methyl sites for hydroxylation is 1. The molecule has 0 heterocycles. The van der Waals surface area contributed by atoms with Crippen LogP contribution in [0.4, 0.5) is 8.78 Å². The van der Waals surface area contributed by atoms with Crippen LogP contribution < -0.4 is 4.74 Å². The second-order valence-electron chi connectivity index (χ2n) is 2.85. The summed E-state index contributed by atoms with van der Waals surface area (Å²) in [6.45, 7) is -2.81. The lowest BCUT2D eigenvalue weighted by atomic mass is 10.1. The Morgan fingerprint density at radius 3 is 2.73 bits per heavy atom. The van der Waals surface area contributed by atoms with Crippen molar-refractivity contribution in [3.05, 3.63) is 27.3 Å². The molecule has 0 aromatic heterocycles. The van der Waals surface area contributed by atoms with Crippen molar-refractivity contribution in [1.82, 2.24) is 0 Å². The third kappa shape index (κ3) is 4.11. The average Bonchev–Trinajstić information content (AvgIpc) is 2.18. The molecule has 1 rings (SSSR count). The zero-order chi connectivity index (χ0) is 11.3. The first-order valence-corrected chi connectivity index (χ1v) is 5.38. The van der Waals surface area contributed by atoms with Crippen LogP contribution in [0.5, 0.6) is 5.75 Å². The van der Waals surface area contributed by atoms with E-state index in [1.165, 1.54) is 6.07 Å². The predicted octanol–water partition coefficient (Wildman–Crippen LogP) is 3.02. The van der Waals surface area contributed by atoms with Crippen LogP contribution in [-0.2, 0) is 11.2 Å². The molecule has 82 valence electrons. The smallest absolute Gasteiger partial charge is 0.387 e. The lowest BCUT2D eigenvalue weighted by Crippen LogP contribution is -2.03. The van der Waals surface area contributed by atoms with Gasteiger partial charge >= 0.3 is 6.61 Å². The zero-order valence-electron chi connectivity index (χ0n) is 7.75. The van der Waals surface area contributed by atoms with Gasteiger partial charge in [-0.3, -0.25) is 0 Å². The standard InChI is InChI=1S/C10H9F2IO2/c11-10(12)15-9-4-3-7(2-1-5-14)6-8(9)13/h3-6,10H,1-2H2. The maximum absolute atomic E-state index is 11.9. The molecule has 0 N–H and O–H groups in total. The van der Waals surface area contributed by atoms with Crippen LogP contribution in [0.2, 0.25) is 0 Å². The molecule has 0 aliphatic rings. The molecule has 0 saturated heterocycles. The van der Waals surface area contributed by atoms with Crippen molar-refractivity contribution in [3.63, 3.8) is 0 Å². The van der Waals surface area contributed by atoms with Gasteiger partial charge in [0, 0.05) is 6.42 Å². The van der Waals surface area contributed by atoms with Crippen molar-refractivity contribution in [2.24, 2.45) is 0 Å². The van der Waals surface area contributed by atoms with Gasteiger partial charge in [0.1, 0.15) is 12.0 Å². The van der Waals surface area contributed by atoms with Crippen molar-refractivity contribution < 1.29 is 18.3 Å². The highest BCUT2D eigenvalue weighted by atomic mass is 127. The van der Waals surface area contributed by atoms with Gasteiger partial charge in [-0.05, 0) is 46.7 Å². The molecular weight excluding hydrogens is 317 g/mol. The van der Waals surface area contributed by atoms with Gasteiger partial charge in [0.15, 0.2) is 0 Å². The first-order chi connectivity index (χ1) is 7.13. The number of benzene rings is 1. The fraction of sp³-hybridized carbons (Fsp3) is 0.300. The monoisotopic (exact) mass is 326 g/mol. The molecule has 1 aromatic carbocycles. The second-order valence-corrected chi connectivity index (χ2v) is 4.01. The van der Waals surface area contributed by atoms with Crippen LogP contribution >= 0.6 is 22.6 Å². The van der Waals surface area contributed by atoms with E-state index >= 15 is 0 Å². The Kier molecular flexibility index (Phi) is 4.93. The van der Waals surface area contributed by atoms with Gasteiger partial charge in [-0.2, -0.15) is 8.78 Å². The van der Waals surface area contributed by atoms with E-state index in [2.05, 4.69) is 4.74 Å². The minimum Gasteiger partial charge on any atom is -0.434 e. The molecule has 0 aliphatic heterocycles. The van der Waals surface area contributed by atoms with E-state index in [4.69, 9.17) is 0 Å². The third-order valence-electron chi connectivity index (χ3n) is 1.76. The quantitative estimate of drug-likeness (QED) is 0.614. The topological polar surface area (TPSA) is 26.3 Å². The second kappa shape index (κ2) is 5.99. The maximum atomic E-state index is 11.9. The van der Waals surface area contributed by atoms with Crippen LogP contribution in [0.3, 0.4) is 0 Å². The highest BCUT2D eigenvalue weighted by Crippen LogP contribution is 2.24. The molecule has 0 amide bonds. The number of alkyl halides is 2.